The zero-order chi connectivity index (χ0) is 14.8. The van der Waals surface area contributed by atoms with Gasteiger partial charge >= 0.3 is 4.87 Å². The number of nitrogens with one attached hydrogen (secondary N) is 2. The highest BCUT2D eigenvalue weighted by Crippen LogP contribution is 2.22. The van der Waals surface area contributed by atoms with Crippen LogP contribution in [0.15, 0.2) is 29.1 Å². The highest BCUT2D eigenvalue weighted by molar-refractivity contribution is 7.11. The van der Waals surface area contributed by atoms with Crippen LogP contribution in [0.4, 0.5) is 11.4 Å². The molecule has 0 bridgehead atoms. The van der Waals surface area contributed by atoms with Gasteiger partial charge < -0.3 is 15.2 Å². The van der Waals surface area contributed by atoms with Crippen LogP contribution in [0.2, 0.25) is 0 Å². The van der Waals surface area contributed by atoms with E-state index in [1.807, 2.05) is 24.3 Å². The average Bonchev–Trinajstić information content (AvgIpc) is 3.09. The van der Waals surface area contributed by atoms with Crippen LogP contribution in [0, 0.1) is 6.92 Å². The predicted octanol–water partition coefficient (Wildman–Crippen LogP) is 2.60. The normalized spacial score (nSPS) is 14.4. The Hall–Kier alpha value is -2.08. The summed E-state index contributed by atoms with van der Waals surface area (Å²) >= 11 is 0.934. The molecule has 3 rings (SSSR count). The Morgan fingerprint density at radius 1 is 1.24 bits per heavy atom. The number of carbonyl (C=O) groups is 1. The van der Waals surface area contributed by atoms with E-state index >= 15 is 0 Å². The van der Waals surface area contributed by atoms with E-state index in [9.17, 15) is 9.59 Å². The highest BCUT2D eigenvalue weighted by Gasteiger charge is 2.14. The van der Waals surface area contributed by atoms with Crippen LogP contribution in [-0.2, 0) is 0 Å². The van der Waals surface area contributed by atoms with Crippen LogP contribution in [0.5, 0.6) is 0 Å². The van der Waals surface area contributed by atoms with Crippen molar-refractivity contribution in [2.24, 2.45) is 0 Å². The molecule has 1 aliphatic rings. The Kier molecular flexibility index (Phi) is 3.79. The maximum atomic E-state index is 12.1. The van der Waals surface area contributed by atoms with Gasteiger partial charge in [-0.3, -0.25) is 9.59 Å². The van der Waals surface area contributed by atoms with Gasteiger partial charge in [-0.1, -0.05) is 11.3 Å². The molecule has 6 heteroatoms. The molecule has 1 aromatic heterocycles. The van der Waals surface area contributed by atoms with Crippen molar-refractivity contribution in [3.05, 3.63) is 44.5 Å². The Labute approximate surface area is 126 Å². The van der Waals surface area contributed by atoms with E-state index in [0.717, 1.165) is 30.1 Å². The van der Waals surface area contributed by atoms with Crippen LogP contribution < -0.4 is 15.1 Å². The number of benzene rings is 1. The predicted molar refractivity (Wildman–Crippen MR) is 85.5 cm³/mol. The summed E-state index contributed by atoms with van der Waals surface area (Å²) in [5, 5.41) is 2.82. The van der Waals surface area contributed by atoms with Gasteiger partial charge in [-0.15, -0.1) is 0 Å². The van der Waals surface area contributed by atoms with Crippen molar-refractivity contribution in [3.63, 3.8) is 0 Å². The summed E-state index contributed by atoms with van der Waals surface area (Å²) in [5.41, 5.74) is 2.53. The zero-order valence-corrected chi connectivity index (χ0v) is 12.6. The number of hydrogen-bond acceptors (Lipinski definition) is 4. The number of anilines is 2. The summed E-state index contributed by atoms with van der Waals surface area (Å²) in [7, 11) is 0. The summed E-state index contributed by atoms with van der Waals surface area (Å²) < 4.78 is 0. The van der Waals surface area contributed by atoms with Gasteiger partial charge in [-0.25, -0.2) is 0 Å². The standard InChI is InChI=1S/C15H17N3O2S/c1-10-13(21-15(20)16-10)14(19)17-11-4-6-12(7-5-11)18-8-2-3-9-18/h4-7H,2-3,8-9H2,1H3,(H,16,20)(H,17,19). The maximum Gasteiger partial charge on any atom is 0.305 e. The first-order chi connectivity index (χ1) is 10.1. The summed E-state index contributed by atoms with van der Waals surface area (Å²) in [6.45, 7) is 3.92. The monoisotopic (exact) mass is 303 g/mol. The first kappa shape index (κ1) is 13.9. The second-order valence-electron chi connectivity index (χ2n) is 5.16. The number of H-pyrrole nitrogens is 1. The number of thiazole rings is 1. The lowest BCUT2D eigenvalue weighted by Gasteiger charge is -2.17. The third kappa shape index (κ3) is 3.00. The molecule has 0 unspecified atom stereocenters. The van der Waals surface area contributed by atoms with Crippen LogP contribution >= 0.6 is 11.3 Å². The fraction of sp³-hybridized carbons (Fsp3) is 0.333. The lowest BCUT2D eigenvalue weighted by molar-refractivity contribution is 0.103. The smallest absolute Gasteiger partial charge is 0.305 e. The summed E-state index contributed by atoms with van der Waals surface area (Å²) in [6, 6.07) is 7.84. The molecule has 110 valence electrons. The van der Waals surface area contributed by atoms with Crippen LogP contribution in [0.1, 0.15) is 28.2 Å². The minimum absolute atomic E-state index is 0.206. The summed E-state index contributed by atoms with van der Waals surface area (Å²) in [5.74, 6) is -0.246. The Morgan fingerprint density at radius 3 is 2.48 bits per heavy atom. The molecule has 1 fully saturated rings. The molecule has 2 heterocycles. The number of hydrogen-bond donors (Lipinski definition) is 2. The molecule has 0 radical (unpaired) electrons. The van der Waals surface area contributed by atoms with E-state index in [-0.39, 0.29) is 10.8 Å². The number of rotatable bonds is 3. The van der Waals surface area contributed by atoms with E-state index in [4.69, 9.17) is 0 Å². The van der Waals surface area contributed by atoms with Crippen molar-refractivity contribution >= 4 is 28.6 Å². The first-order valence-corrected chi connectivity index (χ1v) is 7.81. The van der Waals surface area contributed by atoms with Crippen molar-refractivity contribution in [1.29, 1.82) is 0 Å². The van der Waals surface area contributed by atoms with E-state index in [2.05, 4.69) is 15.2 Å². The van der Waals surface area contributed by atoms with Crippen molar-refractivity contribution in [3.8, 4) is 0 Å². The van der Waals surface area contributed by atoms with Gasteiger partial charge in [0.2, 0.25) is 0 Å². The lowest BCUT2D eigenvalue weighted by Crippen LogP contribution is -2.17. The number of aromatic nitrogens is 1. The third-order valence-electron chi connectivity index (χ3n) is 3.63. The zero-order valence-electron chi connectivity index (χ0n) is 11.8. The van der Waals surface area contributed by atoms with Crippen LogP contribution in [0.25, 0.3) is 0 Å². The first-order valence-electron chi connectivity index (χ1n) is 6.99. The fourth-order valence-corrected chi connectivity index (χ4v) is 3.28. The second kappa shape index (κ2) is 5.73. The van der Waals surface area contributed by atoms with Gasteiger partial charge in [0.05, 0.1) is 0 Å². The SMILES string of the molecule is Cc1[nH]c(=O)sc1C(=O)Nc1ccc(N2CCCC2)cc1. The van der Waals surface area contributed by atoms with Crippen molar-refractivity contribution in [2.45, 2.75) is 19.8 Å². The molecular formula is C15H17N3O2S. The Balaban J connectivity index is 1.71. The quantitative estimate of drug-likeness (QED) is 0.916. The van der Waals surface area contributed by atoms with Crippen molar-refractivity contribution in [2.75, 3.05) is 23.3 Å². The Morgan fingerprint density at radius 2 is 1.90 bits per heavy atom. The summed E-state index contributed by atoms with van der Waals surface area (Å²) in [6.07, 6.45) is 2.48. The number of carbonyl (C=O) groups excluding carboxylic acids is 1. The van der Waals surface area contributed by atoms with Crippen molar-refractivity contribution < 1.29 is 4.79 Å². The van der Waals surface area contributed by atoms with E-state index in [1.165, 1.54) is 18.5 Å². The minimum atomic E-state index is -0.246. The molecule has 2 aromatic rings. The van der Waals surface area contributed by atoms with Crippen molar-refractivity contribution in [1.82, 2.24) is 4.98 Å². The maximum absolute atomic E-state index is 12.1. The number of aryl methyl sites for hydroxylation is 1. The molecule has 1 aromatic carbocycles. The van der Waals surface area contributed by atoms with Gasteiger partial charge in [0.1, 0.15) is 4.88 Å². The molecule has 0 aliphatic carbocycles. The molecule has 1 amide bonds. The van der Waals surface area contributed by atoms with Gasteiger partial charge in [0, 0.05) is 30.2 Å². The molecule has 5 nitrogen and oxygen atoms in total. The number of amides is 1. The highest BCUT2D eigenvalue weighted by atomic mass is 32.1. The van der Waals surface area contributed by atoms with Gasteiger partial charge in [0.15, 0.2) is 0 Å². The molecule has 21 heavy (non-hydrogen) atoms. The molecule has 1 saturated heterocycles. The van der Waals surface area contributed by atoms with E-state index in [0.29, 0.717) is 10.6 Å². The molecule has 1 aliphatic heterocycles. The topological polar surface area (TPSA) is 65.2 Å². The fourth-order valence-electron chi connectivity index (χ4n) is 2.54. The average molecular weight is 303 g/mol. The molecule has 0 atom stereocenters. The van der Waals surface area contributed by atoms with Gasteiger partial charge in [-0.05, 0) is 44.0 Å². The van der Waals surface area contributed by atoms with Gasteiger partial charge in [0.25, 0.3) is 5.91 Å². The molecule has 0 saturated carbocycles. The Bertz CT molecular complexity index is 696. The number of aromatic amines is 1. The van der Waals surface area contributed by atoms with E-state index in [1.54, 1.807) is 6.92 Å². The summed E-state index contributed by atoms with van der Waals surface area (Å²) in [4.78, 5) is 28.5. The van der Waals surface area contributed by atoms with E-state index < -0.39 is 0 Å². The number of nitrogens with zero attached hydrogens (tertiary/aromatic N) is 1. The van der Waals surface area contributed by atoms with Crippen LogP contribution in [0.3, 0.4) is 0 Å². The molecule has 2 N–H and O–H groups in total. The lowest BCUT2D eigenvalue weighted by atomic mass is 10.2. The third-order valence-corrected chi connectivity index (χ3v) is 4.61. The molecular weight excluding hydrogens is 286 g/mol. The second-order valence-corrected chi connectivity index (χ2v) is 6.15. The van der Waals surface area contributed by atoms with Gasteiger partial charge in [-0.2, -0.15) is 0 Å². The largest absolute Gasteiger partial charge is 0.372 e. The molecule has 0 spiro atoms. The van der Waals surface area contributed by atoms with Crippen LogP contribution in [-0.4, -0.2) is 24.0 Å². The minimum Gasteiger partial charge on any atom is -0.372 e.